The number of hydrogen-bond acceptors (Lipinski definition) is 3. The maximum atomic E-state index is 11.9. The van der Waals surface area contributed by atoms with Crippen molar-refractivity contribution in [3.05, 3.63) is 25.3 Å². The normalized spacial score (nSPS) is 37.7. The first-order valence-electron chi connectivity index (χ1n) is 5.36. The number of amides is 2. The van der Waals surface area contributed by atoms with Crippen molar-refractivity contribution in [2.45, 2.75) is 6.42 Å². The van der Waals surface area contributed by atoms with Crippen molar-refractivity contribution >= 4 is 11.8 Å². The summed E-state index contributed by atoms with van der Waals surface area (Å²) in [7, 11) is 0. The lowest BCUT2D eigenvalue weighted by atomic mass is 9.89. The number of carbonyl (C=O) groups excluding carboxylic acids is 2. The molecule has 1 saturated heterocycles. The quantitative estimate of drug-likeness (QED) is 0.559. The Hall–Kier alpha value is -1.42. The van der Waals surface area contributed by atoms with Gasteiger partial charge in [-0.25, -0.2) is 0 Å². The lowest BCUT2D eigenvalue weighted by Crippen LogP contribution is -2.34. The minimum Gasteiger partial charge on any atom is -0.376 e. The van der Waals surface area contributed by atoms with Crippen molar-refractivity contribution < 1.29 is 14.7 Å². The highest BCUT2D eigenvalue weighted by Crippen LogP contribution is 2.48. The summed E-state index contributed by atoms with van der Waals surface area (Å²) in [6, 6.07) is 0. The molecule has 2 fully saturated rings. The van der Waals surface area contributed by atoms with Gasteiger partial charge >= 0.3 is 0 Å². The number of aliphatic hydroxyl groups is 1. The molecule has 1 aliphatic carbocycles. The van der Waals surface area contributed by atoms with E-state index in [1.54, 1.807) is 12.2 Å². The third-order valence-electron chi connectivity index (χ3n) is 3.70. The first-order chi connectivity index (χ1) is 7.65. The number of imide groups is 1. The predicted molar refractivity (Wildman–Crippen MR) is 57.9 cm³/mol. The Balaban J connectivity index is 2.37. The van der Waals surface area contributed by atoms with Crippen LogP contribution in [0.5, 0.6) is 0 Å². The summed E-state index contributed by atoms with van der Waals surface area (Å²) < 4.78 is 0. The third-order valence-corrected chi connectivity index (χ3v) is 3.70. The lowest BCUT2D eigenvalue weighted by molar-refractivity contribution is -0.144. The van der Waals surface area contributed by atoms with Crippen LogP contribution in [0.15, 0.2) is 25.3 Å². The van der Waals surface area contributed by atoms with Crippen LogP contribution in [0.3, 0.4) is 0 Å². The van der Waals surface area contributed by atoms with Crippen molar-refractivity contribution in [1.29, 1.82) is 0 Å². The molecule has 1 aliphatic heterocycles. The molecule has 1 heterocycles. The smallest absolute Gasteiger partial charge is 0.235 e. The second-order valence-corrected chi connectivity index (χ2v) is 4.33. The van der Waals surface area contributed by atoms with Gasteiger partial charge in [0.05, 0.1) is 11.8 Å². The molecule has 0 aromatic heterocycles. The fourth-order valence-electron chi connectivity index (χ4n) is 2.91. The minimum atomic E-state index is -0.529. The SMILES string of the molecule is C=CC1CC(C=C)C2C(=O)N(CO)C(=O)C12. The molecular weight excluding hydrogens is 206 g/mol. The van der Waals surface area contributed by atoms with E-state index in [2.05, 4.69) is 13.2 Å². The van der Waals surface area contributed by atoms with Gasteiger partial charge in [-0.2, -0.15) is 0 Å². The zero-order chi connectivity index (χ0) is 11.9. The number of fused-ring (bicyclic) bond motifs is 1. The van der Waals surface area contributed by atoms with E-state index in [1.165, 1.54) is 0 Å². The highest BCUT2D eigenvalue weighted by atomic mass is 16.3. The van der Waals surface area contributed by atoms with E-state index in [-0.39, 0.29) is 35.5 Å². The monoisotopic (exact) mass is 221 g/mol. The number of aliphatic hydroxyl groups excluding tert-OH is 1. The molecule has 1 N–H and O–H groups in total. The average molecular weight is 221 g/mol. The second-order valence-electron chi connectivity index (χ2n) is 4.33. The summed E-state index contributed by atoms with van der Waals surface area (Å²) >= 11 is 0. The van der Waals surface area contributed by atoms with E-state index in [1.807, 2.05) is 0 Å². The van der Waals surface area contributed by atoms with Crippen molar-refractivity contribution in [1.82, 2.24) is 4.90 Å². The van der Waals surface area contributed by atoms with Crippen LogP contribution < -0.4 is 0 Å². The van der Waals surface area contributed by atoms with E-state index >= 15 is 0 Å². The molecule has 86 valence electrons. The Labute approximate surface area is 94.2 Å². The Kier molecular flexibility index (Phi) is 2.68. The minimum absolute atomic E-state index is 0.0148. The van der Waals surface area contributed by atoms with E-state index in [4.69, 9.17) is 5.11 Å². The molecule has 0 bridgehead atoms. The number of carbonyl (C=O) groups is 2. The molecule has 16 heavy (non-hydrogen) atoms. The van der Waals surface area contributed by atoms with E-state index in [0.717, 1.165) is 11.3 Å². The molecule has 0 aromatic carbocycles. The number of allylic oxidation sites excluding steroid dienone is 2. The molecule has 0 aromatic rings. The van der Waals surface area contributed by atoms with Crippen LogP contribution in [0, 0.1) is 23.7 Å². The lowest BCUT2D eigenvalue weighted by Gasteiger charge is -2.15. The summed E-state index contributed by atoms with van der Waals surface area (Å²) in [5, 5.41) is 9.01. The number of rotatable bonds is 3. The van der Waals surface area contributed by atoms with E-state index < -0.39 is 6.73 Å². The maximum Gasteiger partial charge on any atom is 0.235 e. The first kappa shape index (κ1) is 11.1. The maximum absolute atomic E-state index is 11.9. The van der Waals surface area contributed by atoms with Crippen LogP contribution in [0.2, 0.25) is 0 Å². The van der Waals surface area contributed by atoms with Gasteiger partial charge < -0.3 is 5.11 Å². The van der Waals surface area contributed by atoms with Crippen LogP contribution in [-0.2, 0) is 9.59 Å². The van der Waals surface area contributed by atoms with Gasteiger partial charge in [0, 0.05) is 0 Å². The van der Waals surface area contributed by atoms with E-state index in [0.29, 0.717) is 0 Å². The van der Waals surface area contributed by atoms with Gasteiger partial charge in [0.1, 0.15) is 6.73 Å². The molecule has 0 radical (unpaired) electrons. The third kappa shape index (κ3) is 1.26. The van der Waals surface area contributed by atoms with Gasteiger partial charge in [-0.1, -0.05) is 12.2 Å². The summed E-state index contributed by atoms with van der Waals surface area (Å²) in [5.41, 5.74) is 0. The molecular formula is C12H15NO3. The summed E-state index contributed by atoms with van der Waals surface area (Å²) in [5.74, 6) is -1.21. The molecule has 4 unspecified atom stereocenters. The Morgan fingerprint density at radius 1 is 1.19 bits per heavy atom. The zero-order valence-electron chi connectivity index (χ0n) is 9.00. The molecule has 4 atom stereocenters. The highest BCUT2D eigenvalue weighted by Gasteiger charge is 2.56. The largest absolute Gasteiger partial charge is 0.376 e. The fourth-order valence-corrected chi connectivity index (χ4v) is 2.91. The molecule has 2 aliphatic rings. The summed E-state index contributed by atoms with van der Waals surface area (Å²) in [6.45, 7) is 6.88. The Morgan fingerprint density at radius 3 is 1.94 bits per heavy atom. The van der Waals surface area contributed by atoms with Crippen LogP contribution in [-0.4, -0.2) is 28.6 Å². The number of likely N-dealkylation sites (tertiary alicyclic amines) is 1. The van der Waals surface area contributed by atoms with Gasteiger partial charge in [0.2, 0.25) is 11.8 Å². The zero-order valence-corrected chi connectivity index (χ0v) is 9.00. The summed E-state index contributed by atoms with van der Waals surface area (Å²) in [6.07, 6.45) is 4.21. The van der Waals surface area contributed by atoms with Crippen LogP contribution in [0.1, 0.15) is 6.42 Å². The van der Waals surface area contributed by atoms with E-state index in [9.17, 15) is 9.59 Å². The first-order valence-corrected chi connectivity index (χ1v) is 5.36. The van der Waals surface area contributed by atoms with Gasteiger partial charge in [-0.3, -0.25) is 14.5 Å². The van der Waals surface area contributed by atoms with Crippen LogP contribution in [0.4, 0.5) is 0 Å². The van der Waals surface area contributed by atoms with Crippen LogP contribution in [0.25, 0.3) is 0 Å². The summed E-state index contributed by atoms with van der Waals surface area (Å²) in [4.78, 5) is 24.8. The molecule has 4 heteroatoms. The highest BCUT2D eigenvalue weighted by molar-refractivity contribution is 6.06. The fraction of sp³-hybridized carbons (Fsp3) is 0.500. The Bertz CT molecular complexity index is 331. The van der Waals surface area contributed by atoms with Crippen LogP contribution >= 0.6 is 0 Å². The number of nitrogens with zero attached hydrogens (tertiary/aromatic N) is 1. The van der Waals surface area contributed by atoms with Crippen molar-refractivity contribution in [2.24, 2.45) is 23.7 Å². The van der Waals surface area contributed by atoms with Crippen molar-refractivity contribution in [3.8, 4) is 0 Å². The standard InChI is InChI=1S/C12H15NO3/c1-3-7-5-8(4-2)10-9(7)11(15)13(6-14)12(10)16/h3-4,7-10,14H,1-2,5-6H2. The van der Waals surface area contributed by atoms with Crippen molar-refractivity contribution in [3.63, 3.8) is 0 Å². The van der Waals surface area contributed by atoms with Crippen molar-refractivity contribution in [2.75, 3.05) is 6.73 Å². The molecule has 2 rings (SSSR count). The average Bonchev–Trinajstić information content (AvgIpc) is 2.77. The molecule has 2 amide bonds. The predicted octanol–water partition coefficient (Wildman–Crippen LogP) is 0.545. The molecule has 1 saturated carbocycles. The number of hydrogen-bond donors (Lipinski definition) is 1. The molecule has 0 spiro atoms. The topological polar surface area (TPSA) is 57.6 Å². The van der Waals surface area contributed by atoms with Gasteiger partial charge in [0.25, 0.3) is 0 Å². The molecule has 4 nitrogen and oxygen atoms in total. The van der Waals surface area contributed by atoms with Gasteiger partial charge in [-0.05, 0) is 18.3 Å². The van der Waals surface area contributed by atoms with Gasteiger partial charge in [-0.15, -0.1) is 13.2 Å². The van der Waals surface area contributed by atoms with Gasteiger partial charge in [0.15, 0.2) is 0 Å². The Morgan fingerprint density at radius 2 is 1.62 bits per heavy atom. The second kappa shape index (κ2) is 3.87.